The fourth-order valence-corrected chi connectivity index (χ4v) is 1.97. The molecule has 0 aromatic carbocycles. The Bertz CT molecular complexity index is 348. The second-order valence-corrected chi connectivity index (χ2v) is 4.16. The summed E-state index contributed by atoms with van der Waals surface area (Å²) in [6.45, 7) is 4.20. The molecule has 6 heteroatoms. The van der Waals surface area contributed by atoms with Crippen molar-refractivity contribution in [3.63, 3.8) is 0 Å². The molecule has 0 radical (unpaired) electrons. The summed E-state index contributed by atoms with van der Waals surface area (Å²) in [6.07, 6.45) is 0.835. The van der Waals surface area contributed by atoms with E-state index in [9.17, 15) is 9.59 Å². The van der Waals surface area contributed by atoms with Gasteiger partial charge in [-0.3, -0.25) is 15.0 Å². The molecule has 94 valence electrons. The van der Waals surface area contributed by atoms with Crippen LogP contribution in [0.2, 0.25) is 0 Å². The fraction of sp³-hybridized carbons (Fsp3) is 0.727. The van der Waals surface area contributed by atoms with Crippen LogP contribution in [-0.4, -0.2) is 54.6 Å². The van der Waals surface area contributed by atoms with E-state index in [0.29, 0.717) is 44.9 Å². The average molecular weight is 239 g/mol. The average Bonchev–Trinajstić information content (AvgIpc) is 2.87. The summed E-state index contributed by atoms with van der Waals surface area (Å²) in [7, 11) is 0. The SMILES string of the molecule is CCC(=O)C1=NNC(C(=O)N2CCOCC2)C1. The molecular weight excluding hydrogens is 222 g/mol. The number of carbonyl (C=O) groups excluding carboxylic acids is 2. The second-order valence-electron chi connectivity index (χ2n) is 4.16. The minimum absolute atomic E-state index is 0.00905. The highest BCUT2D eigenvalue weighted by Crippen LogP contribution is 2.10. The third-order valence-corrected chi connectivity index (χ3v) is 3.02. The summed E-state index contributed by atoms with van der Waals surface area (Å²) in [5, 5.41) is 3.94. The van der Waals surface area contributed by atoms with Crippen molar-refractivity contribution in [2.24, 2.45) is 5.10 Å². The van der Waals surface area contributed by atoms with Gasteiger partial charge in [-0.25, -0.2) is 0 Å². The molecule has 0 aromatic rings. The van der Waals surface area contributed by atoms with Crippen LogP contribution in [0.1, 0.15) is 19.8 Å². The van der Waals surface area contributed by atoms with Crippen molar-refractivity contribution < 1.29 is 14.3 Å². The molecular formula is C11H17N3O3. The lowest BCUT2D eigenvalue weighted by Crippen LogP contribution is -2.48. The smallest absolute Gasteiger partial charge is 0.247 e. The third-order valence-electron chi connectivity index (χ3n) is 3.02. The molecule has 2 rings (SSSR count). The van der Waals surface area contributed by atoms with E-state index in [4.69, 9.17) is 4.74 Å². The summed E-state index contributed by atoms with van der Waals surface area (Å²) < 4.78 is 5.19. The first-order chi connectivity index (χ1) is 8.22. The van der Waals surface area contributed by atoms with Crippen LogP contribution in [0.15, 0.2) is 5.10 Å². The largest absolute Gasteiger partial charge is 0.378 e. The highest BCUT2D eigenvalue weighted by molar-refractivity contribution is 6.40. The van der Waals surface area contributed by atoms with Crippen LogP contribution in [0.4, 0.5) is 0 Å². The summed E-state index contributed by atoms with van der Waals surface area (Å²) >= 11 is 0. The zero-order chi connectivity index (χ0) is 12.3. The maximum Gasteiger partial charge on any atom is 0.247 e. The first kappa shape index (κ1) is 12.0. The van der Waals surface area contributed by atoms with E-state index in [1.165, 1.54) is 0 Å². The molecule has 1 atom stereocenters. The Morgan fingerprint density at radius 2 is 2.18 bits per heavy atom. The second kappa shape index (κ2) is 5.27. The van der Waals surface area contributed by atoms with E-state index in [1.54, 1.807) is 11.8 Å². The number of hydrogen-bond acceptors (Lipinski definition) is 5. The van der Waals surface area contributed by atoms with Crippen molar-refractivity contribution in [3.05, 3.63) is 0 Å². The minimum Gasteiger partial charge on any atom is -0.378 e. The van der Waals surface area contributed by atoms with Crippen molar-refractivity contribution in [2.45, 2.75) is 25.8 Å². The lowest BCUT2D eigenvalue weighted by molar-refractivity contribution is -0.137. The van der Waals surface area contributed by atoms with Crippen LogP contribution < -0.4 is 5.43 Å². The first-order valence-electron chi connectivity index (χ1n) is 5.94. The zero-order valence-corrected chi connectivity index (χ0v) is 9.94. The Kier molecular flexibility index (Phi) is 3.73. The Labute approximate surface area is 100.0 Å². The van der Waals surface area contributed by atoms with Crippen molar-refractivity contribution in [3.8, 4) is 0 Å². The zero-order valence-electron chi connectivity index (χ0n) is 9.94. The number of hydrogen-bond donors (Lipinski definition) is 1. The molecule has 0 spiro atoms. The van der Waals surface area contributed by atoms with Crippen molar-refractivity contribution in [2.75, 3.05) is 26.3 Å². The van der Waals surface area contributed by atoms with E-state index in [0.717, 1.165) is 0 Å². The topological polar surface area (TPSA) is 71.0 Å². The van der Waals surface area contributed by atoms with Gasteiger partial charge in [0.15, 0.2) is 5.78 Å². The van der Waals surface area contributed by atoms with Gasteiger partial charge >= 0.3 is 0 Å². The minimum atomic E-state index is -0.376. The van der Waals surface area contributed by atoms with Crippen LogP contribution in [-0.2, 0) is 14.3 Å². The lowest BCUT2D eigenvalue weighted by Gasteiger charge is -2.28. The summed E-state index contributed by atoms with van der Waals surface area (Å²) in [5.74, 6) is 0.0192. The van der Waals surface area contributed by atoms with Gasteiger partial charge < -0.3 is 9.64 Å². The molecule has 1 unspecified atom stereocenters. The molecule has 0 saturated carbocycles. The van der Waals surface area contributed by atoms with E-state index in [1.807, 2.05) is 0 Å². The molecule has 2 heterocycles. The van der Waals surface area contributed by atoms with Crippen molar-refractivity contribution >= 4 is 17.4 Å². The Morgan fingerprint density at radius 3 is 2.82 bits per heavy atom. The number of carbonyl (C=O) groups is 2. The Balaban J connectivity index is 1.89. The van der Waals surface area contributed by atoms with Gasteiger partial charge in [0, 0.05) is 25.9 Å². The number of ether oxygens (including phenoxy) is 1. The number of Topliss-reactive ketones (excluding diaryl/α,β-unsaturated/α-hetero) is 1. The standard InChI is InChI=1S/C11H17N3O3/c1-2-10(15)8-7-9(13-12-8)11(16)14-3-5-17-6-4-14/h9,13H,2-7H2,1H3. The molecule has 0 aromatic heterocycles. The lowest BCUT2D eigenvalue weighted by atomic mass is 10.1. The molecule has 1 amide bonds. The van der Waals surface area contributed by atoms with Gasteiger partial charge in [0.2, 0.25) is 5.91 Å². The predicted octanol–water partition coefficient (Wildman–Crippen LogP) is -0.458. The highest BCUT2D eigenvalue weighted by Gasteiger charge is 2.31. The van der Waals surface area contributed by atoms with E-state index >= 15 is 0 Å². The van der Waals surface area contributed by atoms with Gasteiger partial charge in [-0.05, 0) is 0 Å². The molecule has 6 nitrogen and oxygen atoms in total. The Morgan fingerprint density at radius 1 is 1.47 bits per heavy atom. The summed E-state index contributed by atoms with van der Waals surface area (Å²) in [5.41, 5.74) is 3.24. The summed E-state index contributed by atoms with van der Waals surface area (Å²) in [4.78, 5) is 25.3. The molecule has 0 aliphatic carbocycles. The van der Waals surface area contributed by atoms with Crippen LogP contribution in [0, 0.1) is 0 Å². The number of nitrogens with one attached hydrogen (secondary N) is 1. The molecule has 0 bridgehead atoms. The highest BCUT2D eigenvalue weighted by atomic mass is 16.5. The number of morpholine rings is 1. The van der Waals surface area contributed by atoms with Gasteiger partial charge in [0.25, 0.3) is 0 Å². The van der Waals surface area contributed by atoms with Crippen LogP contribution in [0.25, 0.3) is 0 Å². The first-order valence-corrected chi connectivity index (χ1v) is 5.94. The number of ketones is 1. The number of amides is 1. The normalized spacial score (nSPS) is 24.2. The third kappa shape index (κ3) is 2.63. The van der Waals surface area contributed by atoms with Gasteiger partial charge in [-0.1, -0.05) is 6.92 Å². The quantitative estimate of drug-likeness (QED) is 0.723. The monoisotopic (exact) mass is 239 g/mol. The predicted molar refractivity (Wildman–Crippen MR) is 61.7 cm³/mol. The van der Waals surface area contributed by atoms with Gasteiger partial charge in [-0.15, -0.1) is 0 Å². The molecule has 2 aliphatic rings. The molecule has 1 N–H and O–H groups in total. The summed E-state index contributed by atoms with van der Waals surface area (Å²) in [6, 6.07) is -0.376. The van der Waals surface area contributed by atoms with E-state index in [-0.39, 0.29) is 17.7 Å². The molecule has 17 heavy (non-hydrogen) atoms. The number of rotatable bonds is 3. The van der Waals surface area contributed by atoms with Crippen LogP contribution >= 0.6 is 0 Å². The molecule has 1 saturated heterocycles. The van der Waals surface area contributed by atoms with E-state index < -0.39 is 0 Å². The van der Waals surface area contributed by atoms with E-state index in [2.05, 4.69) is 10.5 Å². The maximum atomic E-state index is 12.1. The van der Waals surface area contributed by atoms with Crippen LogP contribution in [0.5, 0.6) is 0 Å². The molecule has 2 aliphatic heterocycles. The number of nitrogens with zero attached hydrogens (tertiary/aromatic N) is 2. The Hall–Kier alpha value is -1.43. The van der Waals surface area contributed by atoms with Gasteiger partial charge in [0.05, 0.1) is 13.2 Å². The van der Waals surface area contributed by atoms with Crippen LogP contribution in [0.3, 0.4) is 0 Å². The van der Waals surface area contributed by atoms with Gasteiger partial charge in [-0.2, -0.15) is 5.10 Å². The fourth-order valence-electron chi connectivity index (χ4n) is 1.97. The van der Waals surface area contributed by atoms with Gasteiger partial charge in [0.1, 0.15) is 11.8 Å². The van der Waals surface area contributed by atoms with Crippen molar-refractivity contribution in [1.29, 1.82) is 0 Å². The molecule has 1 fully saturated rings. The maximum absolute atomic E-state index is 12.1. The van der Waals surface area contributed by atoms with Crippen molar-refractivity contribution in [1.82, 2.24) is 10.3 Å². The number of hydrazone groups is 1.